The second kappa shape index (κ2) is 4.89. The quantitative estimate of drug-likeness (QED) is 0.551. The van der Waals surface area contributed by atoms with Crippen molar-refractivity contribution in [3.63, 3.8) is 0 Å². The second-order valence-electron chi connectivity index (χ2n) is 7.12. The normalized spacial score (nSPS) is 41.1. The third kappa shape index (κ3) is 3.03. The van der Waals surface area contributed by atoms with Crippen molar-refractivity contribution in [1.82, 2.24) is 0 Å². The van der Waals surface area contributed by atoms with Gasteiger partial charge in [-0.05, 0) is 63.2 Å². The van der Waals surface area contributed by atoms with Crippen molar-refractivity contribution >= 4 is 0 Å². The molecule has 2 saturated carbocycles. The molecule has 0 amide bonds. The predicted octanol–water partition coefficient (Wildman–Crippen LogP) is 3.70. The van der Waals surface area contributed by atoms with Gasteiger partial charge in [0.25, 0.3) is 0 Å². The molecular weight excluding hydrogens is 212 g/mol. The number of ether oxygens (including phenoxy) is 2. The van der Waals surface area contributed by atoms with Crippen LogP contribution in [0.5, 0.6) is 0 Å². The van der Waals surface area contributed by atoms with Gasteiger partial charge >= 0.3 is 0 Å². The lowest BCUT2D eigenvalue weighted by Crippen LogP contribution is -2.28. The SMILES string of the molecule is CC1C2CC(COCOC(C)(C)C)C(C2)C1C. The minimum Gasteiger partial charge on any atom is -0.355 e. The number of hydrogen-bond acceptors (Lipinski definition) is 2. The van der Waals surface area contributed by atoms with E-state index in [4.69, 9.17) is 9.47 Å². The van der Waals surface area contributed by atoms with Crippen LogP contribution in [-0.2, 0) is 9.47 Å². The third-order valence-electron chi connectivity index (χ3n) is 4.94. The van der Waals surface area contributed by atoms with Gasteiger partial charge in [0, 0.05) is 0 Å². The van der Waals surface area contributed by atoms with E-state index < -0.39 is 0 Å². The van der Waals surface area contributed by atoms with Crippen LogP contribution in [0.25, 0.3) is 0 Å². The molecule has 2 fully saturated rings. The lowest BCUT2D eigenvalue weighted by Gasteiger charge is -2.31. The lowest BCUT2D eigenvalue weighted by atomic mass is 9.76. The highest BCUT2D eigenvalue weighted by atomic mass is 16.7. The highest BCUT2D eigenvalue weighted by molar-refractivity contribution is 4.97. The molecule has 0 aromatic heterocycles. The summed E-state index contributed by atoms with van der Waals surface area (Å²) in [5, 5.41) is 0. The number of fused-ring (bicyclic) bond motifs is 2. The van der Waals surface area contributed by atoms with E-state index in [2.05, 4.69) is 34.6 Å². The van der Waals surface area contributed by atoms with E-state index in [1.807, 2.05) is 0 Å². The number of rotatable bonds is 4. The summed E-state index contributed by atoms with van der Waals surface area (Å²) in [5.74, 6) is 4.49. The fraction of sp³-hybridized carbons (Fsp3) is 1.00. The second-order valence-corrected chi connectivity index (χ2v) is 7.12. The van der Waals surface area contributed by atoms with E-state index in [9.17, 15) is 0 Å². The van der Waals surface area contributed by atoms with Crippen molar-refractivity contribution < 1.29 is 9.47 Å². The maximum Gasteiger partial charge on any atom is 0.147 e. The van der Waals surface area contributed by atoms with Crippen LogP contribution in [0, 0.1) is 29.6 Å². The molecule has 0 aliphatic heterocycles. The van der Waals surface area contributed by atoms with Crippen molar-refractivity contribution in [3.05, 3.63) is 0 Å². The van der Waals surface area contributed by atoms with Crippen molar-refractivity contribution in [2.75, 3.05) is 13.4 Å². The largest absolute Gasteiger partial charge is 0.355 e. The molecule has 2 aliphatic carbocycles. The lowest BCUT2D eigenvalue weighted by molar-refractivity contribution is -0.130. The van der Waals surface area contributed by atoms with Gasteiger partial charge in [0.05, 0.1) is 12.2 Å². The average Bonchev–Trinajstić information content (AvgIpc) is 2.74. The third-order valence-corrected chi connectivity index (χ3v) is 4.94. The van der Waals surface area contributed by atoms with E-state index >= 15 is 0 Å². The Morgan fingerprint density at radius 1 is 1.06 bits per heavy atom. The molecule has 2 nitrogen and oxygen atoms in total. The summed E-state index contributed by atoms with van der Waals surface area (Å²) >= 11 is 0. The van der Waals surface area contributed by atoms with Crippen LogP contribution in [0.1, 0.15) is 47.5 Å². The van der Waals surface area contributed by atoms with Crippen LogP contribution in [0.2, 0.25) is 0 Å². The smallest absolute Gasteiger partial charge is 0.147 e. The highest BCUT2D eigenvalue weighted by Crippen LogP contribution is 2.54. The van der Waals surface area contributed by atoms with Gasteiger partial charge in [0.2, 0.25) is 0 Å². The Labute approximate surface area is 106 Å². The maximum absolute atomic E-state index is 5.71. The monoisotopic (exact) mass is 240 g/mol. The zero-order valence-corrected chi connectivity index (χ0v) is 12.0. The first-order chi connectivity index (χ1) is 7.88. The molecule has 2 rings (SSSR count). The van der Waals surface area contributed by atoms with Gasteiger partial charge < -0.3 is 9.47 Å². The Kier molecular flexibility index (Phi) is 3.84. The van der Waals surface area contributed by atoms with Crippen LogP contribution in [-0.4, -0.2) is 19.0 Å². The predicted molar refractivity (Wildman–Crippen MR) is 69.7 cm³/mol. The van der Waals surface area contributed by atoms with Crippen molar-refractivity contribution in [3.8, 4) is 0 Å². The van der Waals surface area contributed by atoms with Crippen LogP contribution in [0.3, 0.4) is 0 Å². The van der Waals surface area contributed by atoms with E-state index in [0.717, 1.165) is 36.2 Å². The Bertz CT molecular complexity index is 254. The van der Waals surface area contributed by atoms with Gasteiger partial charge in [-0.25, -0.2) is 0 Å². The molecule has 0 aromatic rings. The fourth-order valence-electron chi connectivity index (χ4n) is 3.70. The molecule has 5 atom stereocenters. The van der Waals surface area contributed by atoms with Crippen LogP contribution in [0.15, 0.2) is 0 Å². The Morgan fingerprint density at radius 3 is 2.29 bits per heavy atom. The van der Waals surface area contributed by atoms with Gasteiger partial charge in [-0.2, -0.15) is 0 Å². The van der Waals surface area contributed by atoms with Gasteiger partial charge in [-0.1, -0.05) is 13.8 Å². The summed E-state index contributed by atoms with van der Waals surface area (Å²) in [7, 11) is 0. The molecule has 2 heteroatoms. The first-order valence-electron chi connectivity index (χ1n) is 7.10. The molecule has 2 aliphatic rings. The van der Waals surface area contributed by atoms with Gasteiger partial charge in [0.1, 0.15) is 6.79 Å². The average molecular weight is 240 g/mol. The van der Waals surface area contributed by atoms with Crippen molar-refractivity contribution in [2.45, 2.75) is 53.1 Å². The molecule has 0 spiro atoms. The first kappa shape index (κ1) is 13.4. The minimum atomic E-state index is -0.0868. The molecular formula is C15H28O2. The molecule has 0 N–H and O–H groups in total. The van der Waals surface area contributed by atoms with Crippen molar-refractivity contribution in [1.29, 1.82) is 0 Å². The molecule has 2 bridgehead atoms. The summed E-state index contributed by atoms with van der Waals surface area (Å²) < 4.78 is 11.3. The van der Waals surface area contributed by atoms with Gasteiger partial charge in [-0.15, -0.1) is 0 Å². The Morgan fingerprint density at radius 2 is 1.76 bits per heavy atom. The van der Waals surface area contributed by atoms with Crippen LogP contribution in [0.4, 0.5) is 0 Å². The van der Waals surface area contributed by atoms with Gasteiger partial charge in [0.15, 0.2) is 0 Å². The summed E-state index contributed by atoms with van der Waals surface area (Å²) in [4.78, 5) is 0. The topological polar surface area (TPSA) is 18.5 Å². The van der Waals surface area contributed by atoms with E-state index in [1.54, 1.807) is 0 Å². The molecule has 0 radical (unpaired) electrons. The summed E-state index contributed by atoms with van der Waals surface area (Å²) in [6.07, 6.45) is 2.82. The molecule has 100 valence electrons. The zero-order chi connectivity index (χ0) is 12.6. The van der Waals surface area contributed by atoms with Crippen LogP contribution >= 0.6 is 0 Å². The molecule has 0 saturated heterocycles. The first-order valence-corrected chi connectivity index (χ1v) is 7.10. The molecule has 5 unspecified atom stereocenters. The van der Waals surface area contributed by atoms with Crippen molar-refractivity contribution in [2.24, 2.45) is 29.6 Å². The maximum atomic E-state index is 5.71. The Hall–Kier alpha value is -0.0800. The van der Waals surface area contributed by atoms with Gasteiger partial charge in [-0.3, -0.25) is 0 Å². The fourth-order valence-corrected chi connectivity index (χ4v) is 3.70. The van der Waals surface area contributed by atoms with E-state index in [0.29, 0.717) is 6.79 Å². The standard InChI is InChI=1S/C15H28O2/c1-10-11(2)14-7-12(10)6-13(14)8-16-9-17-15(3,4)5/h10-14H,6-9H2,1-5H3. The number of hydrogen-bond donors (Lipinski definition) is 0. The van der Waals surface area contributed by atoms with E-state index in [-0.39, 0.29) is 5.60 Å². The highest BCUT2D eigenvalue weighted by Gasteiger charge is 2.48. The Balaban J connectivity index is 1.69. The molecule has 0 heterocycles. The van der Waals surface area contributed by atoms with E-state index in [1.165, 1.54) is 12.8 Å². The summed E-state index contributed by atoms with van der Waals surface area (Å²) in [6.45, 7) is 12.4. The minimum absolute atomic E-state index is 0.0868. The molecule has 0 aromatic carbocycles. The summed E-state index contributed by atoms with van der Waals surface area (Å²) in [5.41, 5.74) is -0.0868. The zero-order valence-electron chi connectivity index (χ0n) is 12.0. The van der Waals surface area contributed by atoms with Crippen LogP contribution < -0.4 is 0 Å². The summed E-state index contributed by atoms with van der Waals surface area (Å²) in [6, 6.07) is 0. The molecule has 17 heavy (non-hydrogen) atoms.